The van der Waals surface area contributed by atoms with E-state index in [4.69, 9.17) is 0 Å². The summed E-state index contributed by atoms with van der Waals surface area (Å²) >= 11 is 0. The van der Waals surface area contributed by atoms with Crippen LogP contribution in [-0.4, -0.2) is 11.9 Å². The zero-order valence-corrected chi connectivity index (χ0v) is 17.1. The Morgan fingerprint density at radius 2 is 1.32 bits per heavy atom. The average molecular weight is 390 g/mol. The van der Waals surface area contributed by atoms with Crippen molar-refractivity contribution in [3.05, 3.63) is 85.0 Å². The van der Waals surface area contributed by atoms with E-state index in [1.54, 1.807) is 0 Å². The largest absolute Gasteiger partial charge is 0.314 e. The fourth-order valence-corrected chi connectivity index (χ4v) is 8.12. The number of rotatable bonds is 5. The monoisotopic (exact) mass is 390 g/mol. The lowest BCUT2D eigenvalue weighted by molar-refractivity contribution is -0.122. The van der Waals surface area contributed by atoms with Crippen molar-refractivity contribution in [3.63, 3.8) is 0 Å². The van der Waals surface area contributed by atoms with E-state index in [0.29, 0.717) is 24.8 Å². The van der Waals surface area contributed by atoms with E-state index >= 15 is 0 Å². The fourth-order valence-electron chi connectivity index (χ4n) is 4.74. The lowest BCUT2D eigenvalue weighted by atomic mass is 9.66. The van der Waals surface area contributed by atoms with Crippen LogP contribution in [0.2, 0.25) is 0 Å². The maximum absolute atomic E-state index is 14.7. The van der Waals surface area contributed by atoms with Crippen molar-refractivity contribution in [2.45, 2.75) is 32.1 Å². The Morgan fingerprint density at radius 1 is 0.821 bits per heavy atom. The molecule has 1 fully saturated rings. The molecular weight excluding hydrogens is 363 g/mol. The molecule has 0 heterocycles. The van der Waals surface area contributed by atoms with Gasteiger partial charge in [-0.2, -0.15) is 0 Å². The molecular formula is C25H27O2P. The normalized spacial score (nSPS) is 19.6. The first-order valence-corrected chi connectivity index (χ1v) is 12.1. The molecule has 0 aliphatic heterocycles. The molecule has 0 spiro atoms. The lowest BCUT2D eigenvalue weighted by Gasteiger charge is -2.44. The summed E-state index contributed by atoms with van der Waals surface area (Å²) in [5, 5.41) is 1.84. The van der Waals surface area contributed by atoms with Gasteiger partial charge in [-0.25, -0.2) is 0 Å². The smallest absolute Gasteiger partial charge is 0.143 e. The Labute approximate surface area is 167 Å². The van der Waals surface area contributed by atoms with E-state index in [2.05, 4.69) is 24.3 Å². The second-order valence-corrected chi connectivity index (χ2v) is 10.9. The molecule has 0 radical (unpaired) electrons. The first kappa shape index (κ1) is 19.2. The molecule has 0 unspecified atom stereocenters. The molecule has 2 aliphatic rings. The van der Waals surface area contributed by atoms with Crippen molar-refractivity contribution in [3.8, 4) is 0 Å². The summed E-state index contributed by atoms with van der Waals surface area (Å²) in [6.07, 6.45) is 13.4. The van der Waals surface area contributed by atoms with Gasteiger partial charge in [0.05, 0.1) is 0 Å². The van der Waals surface area contributed by atoms with Gasteiger partial charge < -0.3 is 4.57 Å². The van der Waals surface area contributed by atoms with Crippen molar-refractivity contribution in [2.24, 2.45) is 11.3 Å². The minimum absolute atomic E-state index is 0.136. The molecule has 2 aromatic carbocycles. The van der Waals surface area contributed by atoms with Crippen LogP contribution in [0, 0.1) is 11.3 Å². The van der Waals surface area contributed by atoms with E-state index in [0.717, 1.165) is 29.9 Å². The van der Waals surface area contributed by atoms with Crippen LogP contribution < -0.4 is 10.6 Å². The van der Waals surface area contributed by atoms with Gasteiger partial charge in [-0.05, 0) is 24.7 Å². The molecule has 2 aromatic rings. The van der Waals surface area contributed by atoms with Crippen molar-refractivity contribution in [1.82, 2.24) is 0 Å². The fraction of sp³-hybridized carbons (Fsp3) is 0.320. The number of carbonyl (C=O) groups excluding carboxylic acids is 1. The highest BCUT2D eigenvalue weighted by Gasteiger charge is 2.45. The van der Waals surface area contributed by atoms with Crippen LogP contribution in [-0.2, 0) is 9.36 Å². The Hall–Kier alpha value is -2.18. The van der Waals surface area contributed by atoms with Gasteiger partial charge >= 0.3 is 0 Å². The standard InChI is InChI=1S/C25H27O2P/c26-22-16-18-25(19-17-22,21-10-4-1-5-11-21)20-28(27,23-12-6-2-7-13-23)24-14-8-3-9-15-24/h2-15,21H,1,16-20H2. The van der Waals surface area contributed by atoms with E-state index < -0.39 is 7.14 Å². The van der Waals surface area contributed by atoms with E-state index in [-0.39, 0.29) is 11.3 Å². The highest BCUT2D eigenvalue weighted by Crippen LogP contribution is 2.56. The summed E-state index contributed by atoms with van der Waals surface area (Å²) in [5.41, 5.74) is -0.136. The minimum atomic E-state index is -2.82. The summed E-state index contributed by atoms with van der Waals surface area (Å²) in [4.78, 5) is 12.0. The molecule has 3 heteroatoms. The molecule has 0 atom stereocenters. The van der Waals surface area contributed by atoms with Crippen LogP contribution in [0.4, 0.5) is 0 Å². The predicted octanol–water partition coefficient (Wildman–Crippen LogP) is 5.26. The zero-order valence-electron chi connectivity index (χ0n) is 16.2. The highest BCUT2D eigenvalue weighted by atomic mass is 31.2. The van der Waals surface area contributed by atoms with Crippen molar-refractivity contribution in [1.29, 1.82) is 0 Å². The lowest BCUT2D eigenvalue weighted by Crippen LogP contribution is -2.40. The first-order chi connectivity index (χ1) is 13.6. The maximum Gasteiger partial charge on any atom is 0.143 e. The SMILES string of the molecule is O=C1CCC(CP(=O)(c2ccccc2)c2ccccc2)(C2C=CCC=C2)CC1. The van der Waals surface area contributed by atoms with Crippen LogP contribution in [0.3, 0.4) is 0 Å². The molecule has 2 aliphatic carbocycles. The average Bonchev–Trinajstić information content (AvgIpc) is 2.77. The maximum atomic E-state index is 14.7. The van der Waals surface area contributed by atoms with Crippen molar-refractivity contribution in [2.75, 3.05) is 6.16 Å². The van der Waals surface area contributed by atoms with Gasteiger partial charge in [0.25, 0.3) is 0 Å². The third-order valence-corrected chi connectivity index (χ3v) is 9.69. The summed E-state index contributed by atoms with van der Waals surface area (Å²) < 4.78 is 14.7. The molecule has 0 bridgehead atoms. The molecule has 0 N–H and O–H groups in total. The van der Waals surface area contributed by atoms with Gasteiger partial charge in [-0.1, -0.05) is 85.0 Å². The van der Waals surface area contributed by atoms with Crippen LogP contribution in [0.5, 0.6) is 0 Å². The quantitative estimate of drug-likeness (QED) is 0.515. The summed E-state index contributed by atoms with van der Waals surface area (Å²) in [6, 6.07) is 19.9. The van der Waals surface area contributed by atoms with Crippen molar-refractivity contribution >= 4 is 23.5 Å². The van der Waals surface area contributed by atoms with Crippen LogP contribution in [0.1, 0.15) is 32.1 Å². The first-order valence-electron chi connectivity index (χ1n) is 10.2. The summed E-state index contributed by atoms with van der Waals surface area (Å²) in [5.74, 6) is 0.587. The third kappa shape index (κ3) is 3.71. The zero-order chi connectivity index (χ0) is 19.5. The molecule has 0 saturated heterocycles. The number of Topliss-reactive ketones (excluding diaryl/α,β-unsaturated/α-hetero) is 1. The molecule has 144 valence electrons. The number of hydrogen-bond acceptors (Lipinski definition) is 2. The molecule has 0 aromatic heterocycles. The molecule has 2 nitrogen and oxygen atoms in total. The van der Waals surface area contributed by atoms with Gasteiger partial charge in [0.15, 0.2) is 0 Å². The predicted molar refractivity (Wildman–Crippen MR) is 117 cm³/mol. The Balaban J connectivity index is 1.80. The number of hydrogen-bond donors (Lipinski definition) is 0. The second-order valence-electron chi connectivity index (χ2n) is 8.09. The second kappa shape index (κ2) is 8.05. The van der Waals surface area contributed by atoms with Crippen LogP contribution >= 0.6 is 7.14 Å². The van der Waals surface area contributed by atoms with Crippen molar-refractivity contribution < 1.29 is 9.36 Å². The Morgan fingerprint density at radius 3 is 1.82 bits per heavy atom. The Bertz CT molecular complexity index is 862. The topological polar surface area (TPSA) is 34.1 Å². The van der Waals surface area contributed by atoms with Gasteiger partial charge in [0.1, 0.15) is 12.9 Å². The number of allylic oxidation sites excluding steroid dienone is 4. The minimum Gasteiger partial charge on any atom is -0.314 e. The van der Waals surface area contributed by atoms with E-state index in [1.165, 1.54) is 0 Å². The van der Waals surface area contributed by atoms with Crippen LogP contribution in [0.25, 0.3) is 0 Å². The number of benzene rings is 2. The van der Waals surface area contributed by atoms with Gasteiger partial charge in [-0.3, -0.25) is 4.79 Å². The molecule has 0 amide bonds. The van der Waals surface area contributed by atoms with Gasteiger partial charge in [0, 0.05) is 35.5 Å². The number of carbonyl (C=O) groups is 1. The number of ketones is 1. The van der Waals surface area contributed by atoms with E-state index in [1.807, 2.05) is 60.7 Å². The van der Waals surface area contributed by atoms with Gasteiger partial charge in [-0.15, -0.1) is 0 Å². The molecule has 1 saturated carbocycles. The summed E-state index contributed by atoms with van der Waals surface area (Å²) in [7, 11) is -2.82. The highest BCUT2D eigenvalue weighted by molar-refractivity contribution is 7.78. The van der Waals surface area contributed by atoms with Crippen LogP contribution in [0.15, 0.2) is 85.0 Å². The molecule has 28 heavy (non-hydrogen) atoms. The summed E-state index contributed by atoms with van der Waals surface area (Å²) in [6.45, 7) is 0. The Kier molecular flexibility index (Phi) is 5.51. The van der Waals surface area contributed by atoms with Gasteiger partial charge in [0.2, 0.25) is 0 Å². The third-order valence-electron chi connectivity index (χ3n) is 6.35. The van der Waals surface area contributed by atoms with E-state index in [9.17, 15) is 9.36 Å². The molecule has 4 rings (SSSR count).